The Morgan fingerprint density at radius 1 is 0.964 bits per heavy atom. The number of hydrogen-bond donors (Lipinski definition) is 2. The van der Waals surface area contributed by atoms with Crippen LogP contribution in [-0.2, 0) is 0 Å². The van der Waals surface area contributed by atoms with Gasteiger partial charge in [0.2, 0.25) is 0 Å². The number of rotatable bonds is 7. The van der Waals surface area contributed by atoms with Gasteiger partial charge < -0.3 is 32.7 Å². The summed E-state index contributed by atoms with van der Waals surface area (Å²) in [4.78, 5) is 14.5. The van der Waals surface area contributed by atoms with E-state index in [9.17, 15) is 4.79 Å². The summed E-state index contributed by atoms with van der Waals surface area (Å²) in [6.07, 6.45) is 0. The van der Waals surface area contributed by atoms with Gasteiger partial charge in [0.1, 0.15) is 5.75 Å². The normalized spacial score (nSPS) is 10.1. The third-order valence-electron chi connectivity index (χ3n) is 4.91. The second-order valence-electron chi connectivity index (χ2n) is 6.74. The zero-order valence-corrected chi connectivity index (χ0v) is 18.4. The summed E-state index contributed by atoms with van der Waals surface area (Å²) < 4.78 is 5.79. The van der Waals surface area contributed by atoms with Crippen molar-refractivity contribution in [3.8, 4) is 5.75 Å². The molecule has 5 nitrogen and oxygen atoms in total. The fourth-order valence-corrected chi connectivity index (χ4v) is 3.06. The van der Waals surface area contributed by atoms with Crippen LogP contribution < -0.4 is 32.7 Å². The van der Waals surface area contributed by atoms with Crippen molar-refractivity contribution in [3.05, 3.63) is 52.6 Å². The molecule has 0 heterocycles. The summed E-state index contributed by atoms with van der Waals surface area (Å²) in [7, 11) is 0. The van der Waals surface area contributed by atoms with Gasteiger partial charge in [-0.3, -0.25) is 0 Å². The minimum absolute atomic E-state index is 0. The third kappa shape index (κ3) is 5.80. The number of hydrogen-bond acceptors (Lipinski definition) is 3. The van der Waals surface area contributed by atoms with Gasteiger partial charge in [-0.25, -0.2) is 4.79 Å². The Bertz CT molecular complexity index is 805. The molecule has 0 aliphatic rings. The predicted octanol–water partition coefficient (Wildman–Crippen LogP) is 1.93. The molecule has 2 N–H and O–H groups in total. The molecule has 6 heteroatoms. The Hall–Kier alpha value is -2.40. The molecule has 0 unspecified atom stereocenters. The van der Waals surface area contributed by atoms with Crippen molar-refractivity contribution >= 4 is 17.4 Å². The highest BCUT2D eigenvalue weighted by Crippen LogP contribution is 2.25. The lowest BCUT2D eigenvalue weighted by molar-refractivity contribution is -0.00000972. The van der Waals surface area contributed by atoms with Crippen LogP contribution in [0.4, 0.5) is 16.2 Å². The second-order valence-corrected chi connectivity index (χ2v) is 6.74. The van der Waals surface area contributed by atoms with E-state index in [1.807, 2.05) is 45.9 Å². The van der Waals surface area contributed by atoms with Crippen molar-refractivity contribution < 1.29 is 21.9 Å². The summed E-state index contributed by atoms with van der Waals surface area (Å²) in [5.74, 6) is 0.829. The largest absolute Gasteiger partial charge is 1.00 e. The molecule has 0 aromatic heterocycles. The molecule has 0 fully saturated rings. The van der Waals surface area contributed by atoms with Gasteiger partial charge in [-0.05, 0) is 82.0 Å². The van der Waals surface area contributed by atoms with E-state index in [0.29, 0.717) is 0 Å². The van der Waals surface area contributed by atoms with Crippen molar-refractivity contribution in [2.24, 2.45) is 0 Å². The van der Waals surface area contributed by atoms with Crippen LogP contribution in [0.2, 0.25) is 0 Å². The smallest absolute Gasteiger partial charge is 0.321 e. The fourth-order valence-electron chi connectivity index (χ4n) is 3.06. The van der Waals surface area contributed by atoms with E-state index in [1.54, 1.807) is 0 Å². The van der Waals surface area contributed by atoms with Crippen LogP contribution in [0.3, 0.4) is 0 Å². The number of carbonyl (C=O) groups is 1. The first-order valence-electron chi connectivity index (χ1n) is 9.47. The molecule has 0 spiro atoms. The number of ether oxygens (including phenoxy) is 1. The molecule has 2 aromatic carbocycles. The maximum absolute atomic E-state index is 12.2. The highest BCUT2D eigenvalue weighted by atomic mass is 35.5. The predicted molar refractivity (Wildman–Crippen MR) is 113 cm³/mol. The SMILES string of the molecule is CCN(CC)c1ccc(NC(=O)NCOc2c(C)ccc(C)c2C)c(C)c1.[Cl-]. The maximum Gasteiger partial charge on any atom is 0.321 e. The summed E-state index contributed by atoms with van der Waals surface area (Å²) in [5, 5.41) is 5.65. The molecular formula is C22H31ClN3O2-. The number of urea groups is 1. The van der Waals surface area contributed by atoms with E-state index in [1.165, 1.54) is 5.56 Å². The molecule has 0 saturated heterocycles. The number of nitrogens with zero attached hydrogens (tertiary/aromatic N) is 1. The van der Waals surface area contributed by atoms with Crippen LogP contribution in [0.25, 0.3) is 0 Å². The first kappa shape index (κ1) is 23.6. The average Bonchev–Trinajstić information content (AvgIpc) is 2.64. The highest BCUT2D eigenvalue weighted by Gasteiger charge is 2.09. The molecule has 0 saturated carbocycles. The third-order valence-corrected chi connectivity index (χ3v) is 4.91. The monoisotopic (exact) mass is 404 g/mol. The van der Waals surface area contributed by atoms with E-state index in [4.69, 9.17) is 4.74 Å². The molecule has 2 aromatic rings. The molecule has 0 aliphatic carbocycles. The summed E-state index contributed by atoms with van der Waals surface area (Å²) in [5.41, 5.74) is 6.32. The van der Waals surface area contributed by atoms with Gasteiger partial charge in [0.25, 0.3) is 0 Å². The molecular weight excluding hydrogens is 374 g/mol. The number of anilines is 2. The van der Waals surface area contributed by atoms with Crippen LogP contribution in [0.1, 0.15) is 36.1 Å². The standard InChI is InChI=1S/C22H31N3O2.ClH/c1-7-25(8-2)19-11-12-20(17(5)13-19)24-22(26)23-14-27-21-16(4)10-9-15(3)18(21)6;/h9-13H,7-8,14H2,1-6H3,(H2,23,24,26);1H/p-1. The summed E-state index contributed by atoms with van der Waals surface area (Å²) in [6.45, 7) is 14.4. The lowest BCUT2D eigenvalue weighted by atomic mass is 10.1. The van der Waals surface area contributed by atoms with Crippen LogP contribution >= 0.6 is 0 Å². The van der Waals surface area contributed by atoms with Gasteiger partial charge in [-0.15, -0.1) is 0 Å². The van der Waals surface area contributed by atoms with E-state index in [0.717, 1.165) is 46.9 Å². The second kappa shape index (κ2) is 10.8. The first-order chi connectivity index (χ1) is 12.9. The molecule has 28 heavy (non-hydrogen) atoms. The fraction of sp³-hybridized carbons (Fsp3) is 0.409. The number of halogens is 1. The van der Waals surface area contributed by atoms with E-state index < -0.39 is 0 Å². The van der Waals surface area contributed by atoms with Gasteiger partial charge in [0.15, 0.2) is 6.73 Å². The molecule has 154 valence electrons. The van der Waals surface area contributed by atoms with Gasteiger partial charge in [-0.1, -0.05) is 12.1 Å². The highest BCUT2D eigenvalue weighted by molar-refractivity contribution is 5.90. The molecule has 2 amide bonds. The average molecular weight is 405 g/mol. The molecule has 0 atom stereocenters. The number of carbonyl (C=O) groups excluding carboxylic acids is 1. The Kier molecular flexibility index (Phi) is 9.13. The quantitative estimate of drug-likeness (QED) is 0.693. The molecule has 0 bridgehead atoms. The molecule has 0 radical (unpaired) electrons. The van der Waals surface area contributed by atoms with Crippen molar-refractivity contribution in [1.29, 1.82) is 0 Å². The number of nitrogens with one attached hydrogen (secondary N) is 2. The zero-order valence-electron chi connectivity index (χ0n) is 17.6. The van der Waals surface area contributed by atoms with Gasteiger partial charge >= 0.3 is 6.03 Å². The number of benzene rings is 2. The summed E-state index contributed by atoms with van der Waals surface area (Å²) >= 11 is 0. The Morgan fingerprint density at radius 2 is 1.61 bits per heavy atom. The lowest BCUT2D eigenvalue weighted by Crippen LogP contribution is -3.00. The van der Waals surface area contributed by atoms with E-state index in [2.05, 4.69) is 41.5 Å². The Labute approximate surface area is 174 Å². The lowest BCUT2D eigenvalue weighted by Gasteiger charge is -2.22. The van der Waals surface area contributed by atoms with Crippen LogP contribution in [-0.4, -0.2) is 25.9 Å². The van der Waals surface area contributed by atoms with Crippen molar-refractivity contribution in [1.82, 2.24) is 5.32 Å². The van der Waals surface area contributed by atoms with Crippen molar-refractivity contribution in [2.75, 3.05) is 30.0 Å². The van der Waals surface area contributed by atoms with Crippen LogP contribution in [0.15, 0.2) is 30.3 Å². The zero-order chi connectivity index (χ0) is 20.0. The minimum Gasteiger partial charge on any atom is -1.00 e. The van der Waals surface area contributed by atoms with Crippen molar-refractivity contribution in [3.63, 3.8) is 0 Å². The number of aryl methyl sites for hydroxylation is 3. The van der Waals surface area contributed by atoms with Gasteiger partial charge in [0.05, 0.1) is 0 Å². The van der Waals surface area contributed by atoms with Crippen LogP contribution in [0, 0.1) is 27.7 Å². The molecule has 2 rings (SSSR count). The Balaban J connectivity index is 0.00000392. The van der Waals surface area contributed by atoms with Gasteiger partial charge in [-0.2, -0.15) is 0 Å². The van der Waals surface area contributed by atoms with Gasteiger partial charge in [0, 0.05) is 24.5 Å². The van der Waals surface area contributed by atoms with Crippen LogP contribution in [0.5, 0.6) is 5.75 Å². The minimum atomic E-state index is -0.281. The van der Waals surface area contributed by atoms with Crippen molar-refractivity contribution in [2.45, 2.75) is 41.5 Å². The summed E-state index contributed by atoms with van der Waals surface area (Å²) in [6, 6.07) is 9.89. The molecule has 0 aliphatic heterocycles. The Morgan fingerprint density at radius 3 is 2.21 bits per heavy atom. The topological polar surface area (TPSA) is 53.6 Å². The number of amides is 2. The van der Waals surface area contributed by atoms with E-state index in [-0.39, 0.29) is 25.2 Å². The first-order valence-corrected chi connectivity index (χ1v) is 9.47. The van der Waals surface area contributed by atoms with E-state index >= 15 is 0 Å². The maximum atomic E-state index is 12.2.